The SMILES string of the molecule is CN(C)CC1CCN(CCCC(N)=S)CC1. The van der Waals surface area contributed by atoms with Crippen LogP contribution in [0.5, 0.6) is 0 Å². The Morgan fingerprint density at radius 1 is 1.38 bits per heavy atom. The van der Waals surface area contributed by atoms with Gasteiger partial charge in [-0.1, -0.05) is 12.2 Å². The van der Waals surface area contributed by atoms with Crippen molar-refractivity contribution in [2.45, 2.75) is 25.7 Å². The van der Waals surface area contributed by atoms with Crippen LogP contribution in [0.4, 0.5) is 0 Å². The molecule has 1 rings (SSSR count). The summed E-state index contributed by atoms with van der Waals surface area (Å²) in [6.45, 7) is 4.89. The standard InChI is InChI=1S/C12H25N3S/c1-14(2)10-11-5-8-15(9-6-11)7-3-4-12(13)16/h11H,3-10H2,1-2H3,(H2,13,16). The summed E-state index contributed by atoms with van der Waals surface area (Å²) in [5.74, 6) is 0.891. The Labute approximate surface area is 105 Å². The highest BCUT2D eigenvalue weighted by atomic mass is 32.1. The summed E-state index contributed by atoms with van der Waals surface area (Å²) in [6.07, 6.45) is 4.69. The first-order valence-corrected chi connectivity index (χ1v) is 6.64. The largest absolute Gasteiger partial charge is 0.393 e. The minimum atomic E-state index is 0.655. The highest BCUT2D eigenvalue weighted by Gasteiger charge is 2.18. The number of rotatable bonds is 6. The molecule has 0 spiro atoms. The van der Waals surface area contributed by atoms with Crippen molar-refractivity contribution in [1.29, 1.82) is 0 Å². The smallest absolute Gasteiger partial charge is 0.0727 e. The van der Waals surface area contributed by atoms with E-state index in [1.165, 1.54) is 32.5 Å². The molecule has 0 aromatic carbocycles. The Balaban J connectivity index is 2.09. The van der Waals surface area contributed by atoms with Gasteiger partial charge in [0.05, 0.1) is 4.99 Å². The van der Waals surface area contributed by atoms with Crippen molar-refractivity contribution in [2.75, 3.05) is 40.3 Å². The van der Waals surface area contributed by atoms with E-state index >= 15 is 0 Å². The van der Waals surface area contributed by atoms with Crippen molar-refractivity contribution in [1.82, 2.24) is 9.80 Å². The summed E-state index contributed by atoms with van der Waals surface area (Å²) < 4.78 is 0. The fourth-order valence-corrected chi connectivity index (χ4v) is 2.53. The van der Waals surface area contributed by atoms with Gasteiger partial charge in [-0.15, -0.1) is 0 Å². The number of hydrogen-bond acceptors (Lipinski definition) is 3. The molecule has 0 aliphatic carbocycles. The van der Waals surface area contributed by atoms with Gasteiger partial charge in [-0.25, -0.2) is 0 Å². The van der Waals surface area contributed by atoms with Crippen molar-refractivity contribution >= 4 is 17.2 Å². The Kier molecular flexibility index (Phi) is 6.24. The summed E-state index contributed by atoms with van der Waals surface area (Å²) in [4.78, 5) is 5.50. The lowest BCUT2D eigenvalue weighted by atomic mass is 9.96. The zero-order valence-corrected chi connectivity index (χ0v) is 11.4. The van der Waals surface area contributed by atoms with Crippen LogP contribution in [0.3, 0.4) is 0 Å². The fourth-order valence-electron chi connectivity index (χ4n) is 2.39. The molecule has 0 aromatic heterocycles. The van der Waals surface area contributed by atoms with E-state index in [4.69, 9.17) is 18.0 Å². The van der Waals surface area contributed by atoms with Crippen LogP contribution in [-0.4, -0.2) is 55.1 Å². The number of nitrogens with two attached hydrogens (primary N) is 1. The summed E-state index contributed by atoms with van der Waals surface area (Å²) >= 11 is 4.88. The topological polar surface area (TPSA) is 32.5 Å². The first-order valence-electron chi connectivity index (χ1n) is 6.23. The lowest BCUT2D eigenvalue weighted by Gasteiger charge is -2.33. The molecule has 0 bridgehead atoms. The molecule has 4 heteroatoms. The molecule has 1 aliphatic heterocycles. The molecular formula is C12H25N3S. The zero-order chi connectivity index (χ0) is 12.0. The maximum absolute atomic E-state index is 5.49. The van der Waals surface area contributed by atoms with Gasteiger partial charge in [0.25, 0.3) is 0 Å². The van der Waals surface area contributed by atoms with Crippen molar-refractivity contribution in [3.05, 3.63) is 0 Å². The van der Waals surface area contributed by atoms with Crippen molar-refractivity contribution < 1.29 is 0 Å². The lowest BCUT2D eigenvalue weighted by Crippen LogP contribution is -2.37. The van der Waals surface area contributed by atoms with E-state index < -0.39 is 0 Å². The quantitative estimate of drug-likeness (QED) is 0.713. The number of piperidine rings is 1. The van der Waals surface area contributed by atoms with Gasteiger partial charge in [-0.05, 0) is 65.3 Å². The number of thiocarbonyl (C=S) groups is 1. The van der Waals surface area contributed by atoms with Gasteiger partial charge in [0, 0.05) is 6.54 Å². The normalized spacial score (nSPS) is 19.2. The Morgan fingerprint density at radius 3 is 2.50 bits per heavy atom. The van der Waals surface area contributed by atoms with Gasteiger partial charge >= 0.3 is 0 Å². The van der Waals surface area contributed by atoms with E-state index in [-0.39, 0.29) is 0 Å². The molecule has 0 radical (unpaired) electrons. The first kappa shape index (κ1) is 13.9. The highest BCUT2D eigenvalue weighted by molar-refractivity contribution is 7.80. The van der Waals surface area contributed by atoms with Crippen LogP contribution in [0, 0.1) is 5.92 Å². The van der Waals surface area contributed by atoms with E-state index in [9.17, 15) is 0 Å². The minimum absolute atomic E-state index is 0.655. The number of hydrogen-bond donors (Lipinski definition) is 1. The molecule has 1 fully saturated rings. The molecule has 16 heavy (non-hydrogen) atoms. The highest BCUT2D eigenvalue weighted by Crippen LogP contribution is 2.17. The molecule has 3 nitrogen and oxygen atoms in total. The summed E-state index contributed by atoms with van der Waals surface area (Å²) in [5.41, 5.74) is 5.49. The fraction of sp³-hybridized carbons (Fsp3) is 0.917. The van der Waals surface area contributed by atoms with Crippen LogP contribution in [0.2, 0.25) is 0 Å². The van der Waals surface area contributed by atoms with Crippen molar-refractivity contribution in [3.63, 3.8) is 0 Å². The average molecular weight is 243 g/mol. The maximum Gasteiger partial charge on any atom is 0.0727 e. The monoisotopic (exact) mass is 243 g/mol. The zero-order valence-electron chi connectivity index (χ0n) is 10.6. The van der Waals surface area contributed by atoms with E-state index in [0.29, 0.717) is 4.99 Å². The lowest BCUT2D eigenvalue weighted by molar-refractivity contribution is 0.162. The Bertz CT molecular complexity index is 210. The number of nitrogens with zero attached hydrogens (tertiary/aromatic N) is 2. The second-order valence-corrected chi connectivity index (χ2v) is 5.64. The van der Waals surface area contributed by atoms with Crippen LogP contribution in [0.15, 0.2) is 0 Å². The second kappa shape index (κ2) is 7.20. The van der Waals surface area contributed by atoms with E-state index in [2.05, 4.69) is 23.9 Å². The molecule has 2 N–H and O–H groups in total. The molecule has 0 atom stereocenters. The Hall–Kier alpha value is -0.190. The molecule has 1 heterocycles. The Morgan fingerprint density at radius 2 is 2.00 bits per heavy atom. The van der Waals surface area contributed by atoms with Gasteiger partial charge in [0.1, 0.15) is 0 Å². The van der Waals surface area contributed by atoms with Crippen LogP contribution in [-0.2, 0) is 0 Å². The van der Waals surface area contributed by atoms with E-state index in [1.54, 1.807) is 0 Å². The maximum atomic E-state index is 5.49. The minimum Gasteiger partial charge on any atom is -0.393 e. The van der Waals surface area contributed by atoms with Crippen LogP contribution >= 0.6 is 12.2 Å². The third-order valence-electron chi connectivity index (χ3n) is 3.23. The second-order valence-electron chi connectivity index (χ2n) is 5.12. The number of likely N-dealkylation sites (tertiary alicyclic amines) is 1. The molecule has 0 aromatic rings. The summed E-state index contributed by atoms with van der Waals surface area (Å²) in [5, 5.41) is 0. The van der Waals surface area contributed by atoms with Crippen LogP contribution in [0.1, 0.15) is 25.7 Å². The average Bonchev–Trinajstić information content (AvgIpc) is 2.19. The summed E-state index contributed by atoms with van der Waals surface area (Å²) in [6, 6.07) is 0. The van der Waals surface area contributed by atoms with Crippen LogP contribution < -0.4 is 5.73 Å². The molecule has 0 unspecified atom stereocenters. The van der Waals surface area contributed by atoms with Gasteiger partial charge in [0.2, 0.25) is 0 Å². The van der Waals surface area contributed by atoms with E-state index in [1.807, 2.05) is 0 Å². The predicted molar refractivity (Wildman–Crippen MR) is 73.7 cm³/mol. The molecule has 1 aliphatic rings. The first-order chi connectivity index (χ1) is 7.58. The van der Waals surface area contributed by atoms with Gasteiger partial charge in [-0.3, -0.25) is 0 Å². The van der Waals surface area contributed by atoms with Gasteiger partial charge in [0.15, 0.2) is 0 Å². The van der Waals surface area contributed by atoms with E-state index in [0.717, 1.165) is 25.3 Å². The van der Waals surface area contributed by atoms with Crippen molar-refractivity contribution in [3.8, 4) is 0 Å². The molecule has 0 saturated carbocycles. The molecule has 0 amide bonds. The third kappa shape index (κ3) is 5.77. The van der Waals surface area contributed by atoms with Crippen LogP contribution in [0.25, 0.3) is 0 Å². The molecule has 94 valence electrons. The van der Waals surface area contributed by atoms with Gasteiger partial charge < -0.3 is 15.5 Å². The molecule has 1 saturated heterocycles. The van der Waals surface area contributed by atoms with Gasteiger partial charge in [-0.2, -0.15) is 0 Å². The predicted octanol–water partition coefficient (Wildman–Crippen LogP) is 1.33. The summed E-state index contributed by atoms with van der Waals surface area (Å²) in [7, 11) is 4.32. The third-order valence-corrected chi connectivity index (χ3v) is 3.43. The van der Waals surface area contributed by atoms with Crippen molar-refractivity contribution in [2.24, 2.45) is 11.7 Å². The molecular weight excluding hydrogens is 218 g/mol.